The van der Waals surface area contributed by atoms with E-state index in [4.69, 9.17) is 0 Å². The van der Waals surface area contributed by atoms with Crippen LogP contribution in [0, 0.1) is 0 Å². The first kappa shape index (κ1) is 16.1. The molecule has 1 atom stereocenters. The molecule has 0 bridgehead atoms. The van der Waals surface area contributed by atoms with Gasteiger partial charge in [0.15, 0.2) is 0 Å². The molecule has 1 heterocycles. The molecule has 0 aliphatic carbocycles. The van der Waals surface area contributed by atoms with Crippen LogP contribution in [0.5, 0.6) is 0 Å². The van der Waals surface area contributed by atoms with Crippen molar-refractivity contribution in [2.75, 3.05) is 19.6 Å². The zero-order chi connectivity index (χ0) is 16.1. The molecule has 0 aromatic heterocycles. The van der Waals surface area contributed by atoms with Crippen molar-refractivity contribution < 1.29 is 4.79 Å². The summed E-state index contributed by atoms with van der Waals surface area (Å²) in [6.07, 6.45) is 0. The molecule has 0 saturated carbocycles. The van der Waals surface area contributed by atoms with Gasteiger partial charge in [0.1, 0.15) is 0 Å². The maximum atomic E-state index is 12.6. The number of hydrogen-bond acceptors (Lipinski definition) is 3. The van der Waals surface area contributed by atoms with E-state index in [1.807, 2.05) is 35.2 Å². The van der Waals surface area contributed by atoms with Crippen LogP contribution in [0.4, 0.5) is 0 Å². The molecule has 2 aromatic rings. The molecule has 0 radical (unpaired) electrons. The maximum absolute atomic E-state index is 12.6. The molecule has 0 spiro atoms. The molecular weight excluding hydrogens is 304 g/mol. The Morgan fingerprint density at radius 1 is 1.17 bits per heavy atom. The highest BCUT2D eigenvalue weighted by atomic mass is 32.2. The Balaban J connectivity index is 1.61. The molecule has 1 amide bonds. The largest absolute Gasteiger partial charge is 0.333 e. The molecule has 0 unspecified atom stereocenters. The number of piperazine rings is 1. The van der Waals surface area contributed by atoms with Gasteiger partial charge in [-0.15, -0.1) is 11.8 Å². The van der Waals surface area contributed by atoms with Crippen LogP contribution in [0.25, 0.3) is 0 Å². The Labute approximate surface area is 142 Å². The number of benzene rings is 2. The summed E-state index contributed by atoms with van der Waals surface area (Å²) in [5, 5.41) is 3.32. The molecule has 3 rings (SSSR count). The minimum atomic E-state index is 0.138. The minimum Gasteiger partial charge on any atom is -0.333 e. The molecule has 1 saturated heterocycles. The van der Waals surface area contributed by atoms with Crippen molar-refractivity contribution in [2.45, 2.75) is 23.6 Å². The van der Waals surface area contributed by atoms with Gasteiger partial charge in [-0.1, -0.05) is 30.3 Å². The molecule has 1 aliphatic heterocycles. The van der Waals surface area contributed by atoms with E-state index in [1.165, 1.54) is 10.5 Å². The van der Waals surface area contributed by atoms with Crippen molar-refractivity contribution in [3.63, 3.8) is 0 Å². The molecule has 120 valence electrons. The van der Waals surface area contributed by atoms with E-state index in [0.717, 1.165) is 31.0 Å². The Morgan fingerprint density at radius 2 is 1.91 bits per heavy atom. The normalized spacial score (nSPS) is 18.0. The van der Waals surface area contributed by atoms with Crippen LogP contribution in [-0.2, 0) is 5.75 Å². The van der Waals surface area contributed by atoms with E-state index < -0.39 is 0 Å². The van der Waals surface area contributed by atoms with Crippen molar-refractivity contribution in [2.24, 2.45) is 0 Å². The number of thioether (sulfide) groups is 1. The first-order valence-corrected chi connectivity index (χ1v) is 9.01. The van der Waals surface area contributed by atoms with Gasteiger partial charge < -0.3 is 10.2 Å². The lowest BCUT2D eigenvalue weighted by Gasteiger charge is -2.34. The summed E-state index contributed by atoms with van der Waals surface area (Å²) in [6.45, 7) is 4.62. The second-order valence-electron chi connectivity index (χ2n) is 5.85. The van der Waals surface area contributed by atoms with Gasteiger partial charge in [-0.25, -0.2) is 0 Å². The van der Waals surface area contributed by atoms with Crippen LogP contribution in [-0.4, -0.2) is 36.5 Å². The van der Waals surface area contributed by atoms with Crippen LogP contribution in [0.1, 0.15) is 22.8 Å². The van der Waals surface area contributed by atoms with Gasteiger partial charge >= 0.3 is 0 Å². The minimum absolute atomic E-state index is 0.138. The Morgan fingerprint density at radius 3 is 2.61 bits per heavy atom. The Kier molecular flexibility index (Phi) is 5.36. The first-order valence-electron chi connectivity index (χ1n) is 8.02. The van der Waals surface area contributed by atoms with Gasteiger partial charge in [0.25, 0.3) is 5.91 Å². The Hall–Kier alpha value is -1.78. The van der Waals surface area contributed by atoms with E-state index >= 15 is 0 Å². The summed E-state index contributed by atoms with van der Waals surface area (Å²) in [5.41, 5.74) is 2.09. The van der Waals surface area contributed by atoms with Crippen molar-refractivity contribution in [1.29, 1.82) is 0 Å². The highest BCUT2D eigenvalue weighted by Crippen LogP contribution is 2.23. The average molecular weight is 326 g/mol. The summed E-state index contributed by atoms with van der Waals surface area (Å²) in [4.78, 5) is 15.7. The molecule has 23 heavy (non-hydrogen) atoms. The van der Waals surface area contributed by atoms with E-state index in [-0.39, 0.29) is 11.9 Å². The fraction of sp³-hybridized carbons (Fsp3) is 0.316. The molecule has 1 fully saturated rings. The standard InChI is InChI=1S/C19H22N2OS/c1-15-13-20-11-12-21(15)19(22)17-7-9-18(10-8-17)23-14-16-5-3-2-4-6-16/h2-10,15,20H,11-14H2,1H3/t15-/m0/s1. The zero-order valence-corrected chi connectivity index (χ0v) is 14.2. The quantitative estimate of drug-likeness (QED) is 0.874. The third-order valence-corrected chi connectivity index (χ3v) is 5.19. The lowest BCUT2D eigenvalue weighted by Crippen LogP contribution is -2.52. The lowest BCUT2D eigenvalue weighted by atomic mass is 10.1. The highest BCUT2D eigenvalue weighted by Gasteiger charge is 2.23. The third-order valence-electron chi connectivity index (χ3n) is 4.11. The van der Waals surface area contributed by atoms with Gasteiger partial charge in [0, 0.05) is 41.9 Å². The number of rotatable bonds is 4. The highest BCUT2D eigenvalue weighted by molar-refractivity contribution is 7.98. The van der Waals surface area contributed by atoms with Gasteiger partial charge in [0.2, 0.25) is 0 Å². The van der Waals surface area contributed by atoms with Crippen LogP contribution in [0.15, 0.2) is 59.5 Å². The second kappa shape index (κ2) is 7.66. The Bertz CT molecular complexity index is 642. The van der Waals surface area contributed by atoms with E-state index in [1.54, 1.807) is 11.8 Å². The van der Waals surface area contributed by atoms with Crippen molar-refractivity contribution >= 4 is 17.7 Å². The zero-order valence-electron chi connectivity index (χ0n) is 13.4. The molecule has 4 heteroatoms. The van der Waals surface area contributed by atoms with Crippen LogP contribution in [0.2, 0.25) is 0 Å². The van der Waals surface area contributed by atoms with Gasteiger partial charge in [-0.2, -0.15) is 0 Å². The predicted octanol–water partition coefficient (Wildman–Crippen LogP) is 3.41. The number of nitrogens with zero attached hydrogens (tertiary/aromatic N) is 1. The maximum Gasteiger partial charge on any atom is 0.254 e. The number of carbonyl (C=O) groups excluding carboxylic acids is 1. The monoisotopic (exact) mass is 326 g/mol. The van der Waals surface area contributed by atoms with Crippen LogP contribution >= 0.6 is 11.8 Å². The van der Waals surface area contributed by atoms with Crippen molar-refractivity contribution in [1.82, 2.24) is 10.2 Å². The van der Waals surface area contributed by atoms with Crippen molar-refractivity contribution in [3.05, 3.63) is 65.7 Å². The summed E-state index contributed by atoms with van der Waals surface area (Å²) >= 11 is 1.80. The van der Waals surface area contributed by atoms with Crippen LogP contribution in [0.3, 0.4) is 0 Å². The lowest BCUT2D eigenvalue weighted by molar-refractivity contribution is 0.0655. The second-order valence-corrected chi connectivity index (χ2v) is 6.90. The number of hydrogen-bond donors (Lipinski definition) is 1. The average Bonchev–Trinajstić information content (AvgIpc) is 2.61. The molecule has 2 aromatic carbocycles. The summed E-state index contributed by atoms with van der Waals surface area (Å²) in [5.74, 6) is 1.08. The SMILES string of the molecule is C[C@H]1CNCCN1C(=O)c1ccc(SCc2ccccc2)cc1. The van der Waals surface area contributed by atoms with Gasteiger partial charge in [-0.3, -0.25) is 4.79 Å². The van der Waals surface area contributed by atoms with Crippen molar-refractivity contribution in [3.8, 4) is 0 Å². The predicted molar refractivity (Wildman–Crippen MR) is 95.8 cm³/mol. The van der Waals surface area contributed by atoms with E-state index in [2.05, 4.69) is 36.5 Å². The van der Waals surface area contributed by atoms with Gasteiger partial charge in [-0.05, 0) is 36.8 Å². The third kappa shape index (κ3) is 4.15. The summed E-state index contributed by atoms with van der Waals surface area (Å²) in [7, 11) is 0. The summed E-state index contributed by atoms with van der Waals surface area (Å²) in [6, 6.07) is 18.7. The molecule has 1 N–H and O–H groups in total. The van der Waals surface area contributed by atoms with Crippen LogP contribution < -0.4 is 5.32 Å². The topological polar surface area (TPSA) is 32.3 Å². The fourth-order valence-corrected chi connectivity index (χ4v) is 3.60. The molecular formula is C19H22N2OS. The smallest absolute Gasteiger partial charge is 0.254 e. The fourth-order valence-electron chi connectivity index (χ4n) is 2.74. The summed E-state index contributed by atoms with van der Waals surface area (Å²) < 4.78 is 0. The van der Waals surface area contributed by atoms with E-state index in [0.29, 0.717) is 0 Å². The first-order chi connectivity index (χ1) is 11.2. The molecule has 3 nitrogen and oxygen atoms in total. The van der Waals surface area contributed by atoms with Gasteiger partial charge in [0.05, 0.1) is 0 Å². The number of amides is 1. The van der Waals surface area contributed by atoms with E-state index in [9.17, 15) is 4.79 Å². The molecule has 1 aliphatic rings. The number of carbonyl (C=O) groups is 1. The number of nitrogens with one attached hydrogen (secondary N) is 1.